The van der Waals surface area contributed by atoms with E-state index in [0.717, 1.165) is 12.0 Å². The lowest BCUT2D eigenvalue weighted by Crippen LogP contribution is -2.18. The Hall–Kier alpha value is -1.43. The van der Waals surface area contributed by atoms with Crippen LogP contribution in [0.3, 0.4) is 0 Å². The molecule has 0 aliphatic rings. The summed E-state index contributed by atoms with van der Waals surface area (Å²) in [6, 6.07) is 5.56. The summed E-state index contributed by atoms with van der Waals surface area (Å²) in [7, 11) is -5.29. The zero-order chi connectivity index (χ0) is 19.9. The van der Waals surface area contributed by atoms with Crippen LogP contribution in [0.4, 0.5) is 22.0 Å². The molecule has 0 atom stereocenters. The third kappa shape index (κ3) is 4.53. The summed E-state index contributed by atoms with van der Waals surface area (Å²) in [6.07, 6.45) is 0.788. The standard InChI is InChI=1S/C17H15F5O3S.HI/c1-4-17(2,3)9-5-7-10(8-6-9)25-26(23,24)16-14(21)12(19)11(18)13(20)15(16)22;/h5-8H,4H2,1-3H3;1H. The molecule has 10 heteroatoms. The predicted octanol–water partition coefficient (Wildman–Crippen LogP) is 5.46. The lowest BCUT2D eigenvalue weighted by molar-refractivity contribution is 0.352. The van der Waals surface area contributed by atoms with Gasteiger partial charge in [0.1, 0.15) is 5.75 Å². The van der Waals surface area contributed by atoms with E-state index in [1.165, 1.54) is 12.1 Å². The van der Waals surface area contributed by atoms with Crippen molar-refractivity contribution in [2.75, 3.05) is 0 Å². The zero-order valence-corrected chi connectivity index (χ0v) is 17.6. The van der Waals surface area contributed by atoms with Gasteiger partial charge in [0.05, 0.1) is 0 Å². The molecule has 0 aliphatic heterocycles. The van der Waals surface area contributed by atoms with E-state index in [-0.39, 0.29) is 35.1 Å². The Bertz CT molecular complexity index is 915. The number of hydrogen-bond acceptors (Lipinski definition) is 3. The fourth-order valence-corrected chi connectivity index (χ4v) is 3.20. The predicted molar refractivity (Wildman–Crippen MR) is 99.2 cm³/mol. The summed E-state index contributed by atoms with van der Waals surface area (Å²) < 4.78 is 95.5. The first-order chi connectivity index (χ1) is 11.9. The Morgan fingerprint density at radius 2 is 1.26 bits per heavy atom. The molecule has 0 spiro atoms. The van der Waals surface area contributed by atoms with Gasteiger partial charge in [0.15, 0.2) is 28.2 Å². The van der Waals surface area contributed by atoms with E-state index >= 15 is 0 Å². The molecule has 2 aromatic carbocycles. The van der Waals surface area contributed by atoms with Gasteiger partial charge in [-0.1, -0.05) is 32.9 Å². The molecule has 150 valence electrons. The Morgan fingerprint density at radius 3 is 1.67 bits per heavy atom. The quantitative estimate of drug-likeness (QED) is 0.172. The molecule has 27 heavy (non-hydrogen) atoms. The lowest BCUT2D eigenvalue weighted by atomic mass is 9.82. The van der Waals surface area contributed by atoms with E-state index in [9.17, 15) is 30.4 Å². The van der Waals surface area contributed by atoms with Gasteiger partial charge in [-0.05, 0) is 29.5 Å². The SMILES string of the molecule is CCC(C)(C)c1ccc(OS(=O)(=O)c2c(F)c(F)c(F)c(F)c2F)cc1.I. The Morgan fingerprint density at radius 1 is 0.852 bits per heavy atom. The van der Waals surface area contributed by atoms with E-state index in [1.54, 1.807) is 12.1 Å². The van der Waals surface area contributed by atoms with E-state index < -0.39 is 44.1 Å². The van der Waals surface area contributed by atoms with Gasteiger partial charge in [0, 0.05) is 0 Å². The molecule has 0 amide bonds. The maximum atomic E-state index is 13.7. The minimum atomic E-state index is -5.29. The van der Waals surface area contributed by atoms with Crippen LogP contribution in [0.1, 0.15) is 32.8 Å². The van der Waals surface area contributed by atoms with Gasteiger partial charge in [0.25, 0.3) is 0 Å². The molecule has 0 saturated carbocycles. The van der Waals surface area contributed by atoms with Crippen LogP contribution >= 0.6 is 24.0 Å². The average molecular weight is 522 g/mol. The lowest BCUT2D eigenvalue weighted by Gasteiger charge is -2.23. The largest absolute Gasteiger partial charge is 0.379 e. The van der Waals surface area contributed by atoms with Crippen LogP contribution in [0.2, 0.25) is 0 Å². The average Bonchev–Trinajstić information content (AvgIpc) is 2.58. The summed E-state index contributed by atoms with van der Waals surface area (Å²) in [6.45, 7) is 5.86. The van der Waals surface area contributed by atoms with E-state index in [2.05, 4.69) is 4.18 Å². The summed E-state index contributed by atoms with van der Waals surface area (Å²) in [5.74, 6) is -12.5. The maximum absolute atomic E-state index is 13.7. The van der Waals surface area contributed by atoms with Crippen molar-refractivity contribution in [2.45, 2.75) is 37.5 Å². The topological polar surface area (TPSA) is 43.4 Å². The van der Waals surface area contributed by atoms with Gasteiger partial charge in [-0.15, -0.1) is 24.0 Å². The highest BCUT2D eigenvalue weighted by Crippen LogP contribution is 2.31. The van der Waals surface area contributed by atoms with E-state index in [0.29, 0.717) is 0 Å². The van der Waals surface area contributed by atoms with E-state index in [1.807, 2.05) is 20.8 Å². The van der Waals surface area contributed by atoms with Crippen LogP contribution in [0.25, 0.3) is 0 Å². The molecule has 2 aromatic rings. The Kier molecular flexibility index (Phi) is 7.25. The Balaban J connectivity index is 0.00000364. The number of hydrogen-bond donors (Lipinski definition) is 0. The van der Waals surface area contributed by atoms with Crippen LogP contribution in [-0.2, 0) is 15.5 Å². The van der Waals surface area contributed by atoms with Gasteiger partial charge in [-0.2, -0.15) is 8.42 Å². The summed E-state index contributed by atoms with van der Waals surface area (Å²) in [4.78, 5) is -2.04. The molecule has 0 N–H and O–H groups in total. The summed E-state index contributed by atoms with van der Waals surface area (Å²) >= 11 is 0. The van der Waals surface area contributed by atoms with Crippen molar-refractivity contribution in [3.63, 3.8) is 0 Å². The Labute approximate surface area is 170 Å². The first kappa shape index (κ1) is 23.6. The highest BCUT2D eigenvalue weighted by Gasteiger charge is 2.35. The molecule has 0 radical (unpaired) electrons. The first-order valence-corrected chi connectivity index (χ1v) is 8.89. The third-order valence-electron chi connectivity index (χ3n) is 4.15. The molecule has 0 fully saturated rings. The van der Waals surface area contributed by atoms with Crippen LogP contribution in [0, 0.1) is 29.1 Å². The fourth-order valence-electron chi connectivity index (χ4n) is 2.14. The molecule has 0 aromatic heterocycles. The minimum absolute atomic E-state index is 0. The van der Waals surface area contributed by atoms with Crippen molar-refractivity contribution < 1.29 is 34.6 Å². The molecule has 0 heterocycles. The molecular weight excluding hydrogens is 506 g/mol. The molecule has 0 unspecified atom stereocenters. The van der Waals surface area contributed by atoms with Gasteiger partial charge in [-0.25, -0.2) is 22.0 Å². The first-order valence-electron chi connectivity index (χ1n) is 7.49. The molecule has 0 bridgehead atoms. The minimum Gasteiger partial charge on any atom is -0.379 e. The van der Waals surface area contributed by atoms with Crippen molar-refractivity contribution in [1.82, 2.24) is 0 Å². The smallest absolute Gasteiger partial charge is 0.345 e. The van der Waals surface area contributed by atoms with Crippen LogP contribution in [0.15, 0.2) is 29.2 Å². The van der Waals surface area contributed by atoms with Gasteiger partial charge in [-0.3, -0.25) is 0 Å². The van der Waals surface area contributed by atoms with Gasteiger partial charge in [0.2, 0.25) is 5.82 Å². The maximum Gasteiger partial charge on any atom is 0.345 e. The second kappa shape index (κ2) is 8.29. The van der Waals surface area contributed by atoms with Crippen molar-refractivity contribution in [3.05, 3.63) is 58.9 Å². The van der Waals surface area contributed by atoms with Gasteiger partial charge >= 0.3 is 10.1 Å². The molecule has 0 aliphatic carbocycles. The highest BCUT2D eigenvalue weighted by molar-refractivity contribution is 14.0. The van der Waals surface area contributed by atoms with Crippen molar-refractivity contribution in [3.8, 4) is 5.75 Å². The van der Waals surface area contributed by atoms with Crippen LogP contribution < -0.4 is 4.18 Å². The van der Waals surface area contributed by atoms with Crippen molar-refractivity contribution >= 4 is 34.1 Å². The monoisotopic (exact) mass is 522 g/mol. The number of halogens is 6. The fraction of sp³-hybridized carbons (Fsp3) is 0.294. The van der Waals surface area contributed by atoms with Crippen molar-refractivity contribution in [2.24, 2.45) is 0 Å². The molecular formula is C17H16F5IO3S. The summed E-state index contributed by atoms with van der Waals surface area (Å²) in [5, 5.41) is 0. The highest BCUT2D eigenvalue weighted by atomic mass is 127. The second-order valence-corrected chi connectivity index (χ2v) is 7.68. The van der Waals surface area contributed by atoms with E-state index in [4.69, 9.17) is 0 Å². The second-order valence-electron chi connectivity index (χ2n) is 6.20. The van der Waals surface area contributed by atoms with Crippen molar-refractivity contribution in [1.29, 1.82) is 0 Å². The number of rotatable bonds is 5. The van der Waals surface area contributed by atoms with Crippen LogP contribution in [-0.4, -0.2) is 8.42 Å². The zero-order valence-electron chi connectivity index (χ0n) is 14.4. The third-order valence-corrected chi connectivity index (χ3v) is 5.42. The molecule has 0 saturated heterocycles. The normalized spacial score (nSPS) is 11.9. The summed E-state index contributed by atoms with van der Waals surface area (Å²) in [5.41, 5.74) is 0.639. The van der Waals surface area contributed by atoms with Gasteiger partial charge < -0.3 is 4.18 Å². The molecule has 3 nitrogen and oxygen atoms in total. The molecule has 2 rings (SSSR count). The number of benzene rings is 2. The van der Waals surface area contributed by atoms with Crippen LogP contribution in [0.5, 0.6) is 5.75 Å².